The van der Waals surface area contributed by atoms with Gasteiger partial charge in [0.2, 0.25) is 0 Å². The van der Waals surface area contributed by atoms with Gasteiger partial charge in [-0.3, -0.25) is 9.69 Å². The Morgan fingerprint density at radius 3 is 2.52 bits per heavy atom. The molecule has 3 aromatic rings. The van der Waals surface area contributed by atoms with Crippen LogP contribution in [0.15, 0.2) is 36.4 Å². The fraction of sp³-hybridized carbons (Fsp3) is 0.333. The van der Waals surface area contributed by atoms with Crippen molar-refractivity contribution in [1.82, 2.24) is 4.98 Å². The second kappa shape index (κ2) is 8.38. The van der Waals surface area contributed by atoms with Crippen LogP contribution in [0.4, 0.5) is 5.13 Å². The van der Waals surface area contributed by atoms with E-state index in [1.807, 2.05) is 4.90 Å². The van der Waals surface area contributed by atoms with Crippen molar-refractivity contribution in [1.29, 1.82) is 0 Å². The van der Waals surface area contributed by atoms with E-state index in [0.717, 1.165) is 28.3 Å². The number of quaternary nitrogens is 1. The highest BCUT2D eigenvalue weighted by atomic mass is 35.5. The standard InChI is InChI=1S/C21H24ClN3OS/c1-14-6-11-18-19(15(14)2)23-21(27-18)25(13-5-12-24(3)4)20(26)16-7-9-17(22)10-8-16/h6-11H,5,12-13H2,1-4H3/p+1. The Morgan fingerprint density at radius 2 is 1.85 bits per heavy atom. The Labute approximate surface area is 169 Å². The number of rotatable bonds is 6. The Hall–Kier alpha value is -1.95. The normalized spacial score (nSPS) is 11.3. The number of amides is 1. The zero-order valence-corrected chi connectivity index (χ0v) is 17.7. The molecule has 0 fully saturated rings. The van der Waals surface area contributed by atoms with Crippen molar-refractivity contribution in [2.45, 2.75) is 20.3 Å². The summed E-state index contributed by atoms with van der Waals surface area (Å²) in [6.07, 6.45) is 0.912. The lowest BCUT2D eigenvalue weighted by atomic mass is 10.1. The van der Waals surface area contributed by atoms with Crippen LogP contribution in [0.2, 0.25) is 5.02 Å². The van der Waals surface area contributed by atoms with Crippen LogP contribution >= 0.6 is 22.9 Å². The lowest BCUT2D eigenvalue weighted by Crippen LogP contribution is -3.05. The second-order valence-electron chi connectivity index (χ2n) is 7.12. The Kier molecular flexibility index (Phi) is 6.15. The van der Waals surface area contributed by atoms with Crippen LogP contribution in [-0.4, -0.2) is 38.1 Å². The number of nitrogens with zero attached hydrogens (tertiary/aromatic N) is 2. The molecule has 1 heterocycles. The quantitative estimate of drug-likeness (QED) is 0.681. The van der Waals surface area contributed by atoms with Crippen LogP contribution < -0.4 is 9.80 Å². The Morgan fingerprint density at radius 1 is 1.15 bits per heavy atom. The number of hydrogen-bond acceptors (Lipinski definition) is 3. The highest BCUT2D eigenvalue weighted by Gasteiger charge is 2.22. The summed E-state index contributed by atoms with van der Waals surface area (Å²) in [5.74, 6) is -0.0335. The molecule has 2 aromatic carbocycles. The summed E-state index contributed by atoms with van der Waals surface area (Å²) in [4.78, 5) is 21.2. The van der Waals surface area contributed by atoms with Crippen molar-refractivity contribution < 1.29 is 9.69 Å². The Balaban J connectivity index is 1.97. The van der Waals surface area contributed by atoms with E-state index in [0.29, 0.717) is 17.1 Å². The minimum atomic E-state index is -0.0335. The van der Waals surface area contributed by atoms with E-state index < -0.39 is 0 Å². The number of carbonyl (C=O) groups is 1. The molecular formula is C21H25ClN3OS+. The van der Waals surface area contributed by atoms with Gasteiger partial charge in [0.05, 0.1) is 30.9 Å². The molecule has 0 spiro atoms. The van der Waals surface area contributed by atoms with E-state index in [2.05, 4.69) is 40.1 Å². The third-order valence-electron chi connectivity index (χ3n) is 4.70. The minimum absolute atomic E-state index is 0.0335. The van der Waals surface area contributed by atoms with Crippen molar-refractivity contribution in [2.75, 3.05) is 32.1 Å². The molecule has 0 saturated heterocycles. The van der Waals surface area contributed by atoms with Crippen LogP contribution in [0.25, 0.3) is 10.2 Å². The van der Waals surface area contributed by atoms with Gasteiger partial charge in [-0.15, -0.1) is 0 Å². The summed E-state index contributed by atoms with van der Waals surface area (Å²) in [6, 6.07) is 11.3. The molecule has 4 nitrogen and oxygen atoms in total. The maximum absolute atomic E-state index is 13.2. The highest BCUT2D eigenvalue weighted by molar-refractivity contribution is 7.22. The molecule has 0 saturated carbocycles. The number of nitrogens with one attached hydrogen (secondary N) is 1. The summed E-state index contributed by atoms with van der Waals surface area (Å²) in [5.41, 5.74) is 4.00. The van der Waals surface area contributed by atoms with Gasteiger partial charge >= 0.3 is 0 Å². The molecule has 0 radical (unpaired) electrons. The van der Waals surface area contributed by atoms with E-state index in [1.54, 1.807) is 35.6 Å². The first-order chi connectivity index (χ1) is 12.9. The Bertz CT molecular complexity index is 950. The van der Waals surface area contributed by atoms with Gasteiger partial charge < -0.3 is 4.90 Å². The van der Waals surface area contributed by atoms with Gasteiger partial charge in [0.25, 0.3) is 5.91 Å². The molecule has 0 aliphatic rings. The lowest BCUT2D eigenvalue weighted by molar-refractivity contribution is -0.858. The van der Waals surface area contributed by atoms with Gasteiger partial charge in [-0.05, 0) is 55.3 Å². The minimum Gasteiger partial charge on any atom is -0.340 e. The molecule has 0 bridgehead atoms. The molecule has 27 heavy (non-hydrogen) atoms. The van der Waals surface area contributed by atoms with Gasteiger partial charge in [0.1, 0.15) is 0 Å². The third kappa shape index (κ3) is 4.49. The topological polar surface area (TPSA) is 37.6 Å². The predicted octanol–water partition coefficient (Wildman–Crippen LogP) is 3.75. The monoisotopic (exact) mass is 402 g/mol. The lowest BCUT2D eigenvalue weighted by Gasteiger charge is -2.20. The second-order valence-corrected chi connectivity index (χ2v) is 8.57. The maximum atomic E-state index is 13.2. The third-order valence-corrected chi connectivity index (χ3v) is 5.99. The van der Waals surface area contributed by atoms with E-state index in [9.17, 15) is 4.79 Å². The molecular weight excluding hydrogens is 378 g/mol. The van der Waals surface area contributed by atoms with Gasteiger partial charge in [-0.1, -0.05) is 29.0 Å². The van der Waals surface area contributed by atoms with Gasteiger partial charge in [-0.25, -0.2) is 4.98 Å². The molecule has 0 atom stereocenters. The SMILES string of the molecule is Cc1ccc2sc(N(CCC[NH+](C)C)C(=O)c3ccc(Cl)cc3)nc2c1C. The van der Waals surface area contributed by atoms with Crippen molar-refractivity contribution in [3.05, 3.63) is 58.1 Å². The summed E-state index contributed by atoms with van der Waals surface area (Å²) in [5, 5.41) is 1.38. The highest BCUT2D eigenvalue weighted by Crippen LogP contribution is 2.32. The molecule has 1 N–H and O–H groups in total. The van der Waals surface area contributed by atoms with E-state index in [1.165, 1.54) is 16.0 Å². The van der Waals surface area contributed by atoms with E-state index in [4.69, 9.17) is 16.6 Å². The number of anilines is 1. The number of carbonyl (C=O) groups excluding carboxylic acids is 1. The number of aromatic nitrogens is 1. The molecule has 1 aromatic heterocycles. The van der Waals surface area contributed by atoms with Crippen molar-refractivity contribution in [3.63, 3.8) is 0 Å². The summed E-state index contributed by atoms with van der Waals surface area (Å²) in [6.45, 7) is 5.81. The average molecular weight is 403 g/mol. The van der Waals surface area contributed by atoms with Crippen LogP contribution in [0, 0.1) is 13.8 Å². The fourth-order valence-electron chi connectivity index (χ4n) is 2.95. The number of benzene rings is 2. The number of fused-ring (bicyclic) bond motifs is 1. The van der Waals surface area contributed by atoms with Gasteiger partial charge in [0, 0.05) is 23.6 Å². The van der Waals surface area contributed by atoms with E-state index >= 15 is 0 Å². The van der Waals surface area contributed by atoms with Crippen molar-refractivity contribution in [2.24, 2.45) is 0 Å². The van der Waals surface area contributed by atoms with E-state index in [-0.39, 0.29) is 5.91 Å². The largest absolute Gasteiger partial charge is 0.340 e. The number of thiazole rings is 1. The average Bonchev–Trinajstić information content (AvgIpc) is 3.06. The number of aryl methyl sites for hydroxylation is 2. The molecule has 142 valence electrons. The molecule has 6 heteroatoms. The van der Waals surface area contributed by atoms with Crippen LogP contribution in [-0.2, 0) is 0 Å². The van der Waals surface area contributed by atoms with Gasteiger partial charge in [0.15, 0.2) is 5.13 Å². The molecule has 0 unspecified atom stereocenters. The number of hydrogen-bond donors (Lipinski definition) is 1. The van der Waals surface area contributed by atoms with Crippen molar-refractivity contribution >= 4 is 44.2 Å². The van der Waals surface area contributed by atoms with Crippen LogP contribution in [0.3, 0.4) is 0 Å². The maximum Gasteiger partial charge on any atom is 0.260 e. The first kappa shape index (κ1) is 19.8. The fourth-order valence-corrected chi connectivity index (χ4v) is 4.13. The van der Waals surface area contributed by atoms with Gasteiger partial charge in [-0.2, -0.15) is 0 Å². The van der Waals surface area contributed by atoms with Crippen LogP contribution in [0.1, 0.15) is 27.9 Å². The summed E-state index contributed by atoms with van der Waals surface area (Å²) >= 11 is 7.55. The molecule has 0 aliphatic carbocycles. The first-order valence-electron chi connectivity index (χ1n) is 9.10. The first-order valence-corrected chi connectivity index (χ1v) is 10.3. The summed E-state index contributed by atoms with van der Waals surface area (Å²) in [7, 11) is 4.24. The smallest absolute Gasteiger partial charge is 0.260 e. The zero-order chi connectivity index (χ0) is 19.6. The summed E-state index contributed by atoms with van der Waals surface area (Å²) < 4.78 is 1.11. The predicted molar refractivity (Wildman–Crippen MR) is 115 cm³/mol. The van der Waals surface area contributed by atoms with Crippen molar-refractivity contribution in [3.8, 4) is 0 Å². The molecule has 3 rings (SSSR count). The molecule has 0 aliphatic heterocycles. The van der Waals surface area contributed by atoms with Crippen LogP contribution in [0.5, 0.6) is 0 Å². The number of halogens is 1. The zero-order valence-electron chi connectivity index (χ0n) is 16.2. The molecule has 1 amide bonds.